The Balaban J connectivity index is 1.88. The zero-order valence-electron chi connectivity index (χ0n) is 12.6. The zero-order chi connectivity index (χ0) is 16.9. The van der Waals surface area contributed by atoms with Crippen LogP contribution in [-0.2, 0) is 6.54 Å². The van der Waals surface area contributed by atoms with Crippen molar-refractivity contribution >= 4 is 0 Å². The number of nitrogens with zero attached hydrogens (tertiary/aromatic N) is 2. The summed E-state index contributed by atoms with van der Waals surface area (Å²) in [6.45, 7) is -2.81. The number of halogens is 2. The van der Waals surface area contributed by atoms with E-state index in [4.69, 9.17) is 0 Å². The Morgan fingerprint density at radius 2 is 1.75 bits per heavy atom. The van der Waals surface area contributed by atoms with Gasteiger partial charge >= 0.3 is 6.61 Å². The van der Waals surface area contributed by atoms with Gasteiger partial charge in [-0.05, 0) is 6.07 Å². The van der Waals surface area contributed by atoms with Crippen molar-refractivity contribution in [3.8, 4) is 17.0 Å². The summed E-state index contributed by atoms with van der Waals surface area (Å²) in [5, 5.41) is 0. The van der Waals surface area contributed by atoms with Crippen LogP contribution in [0.4, 0.5) is 8.78 Å². The van der Waals surface area contributed by atoms with Crippen LogP contribution in [-0.4, -0.2) is 16.2 Å². The largest absolute Gasteiger partial charge is 0.434 e. The van der Waals surface area contributed by atoms with Crippen molar-refractivity contribution in [2.75, 3.05) is 0 Å². The fourth-order valence-corrected chi connectivity index (χ4v) is 2.34. The quantitative estimate of drug-likeness (QED) is 0.719. The van der Waals surface area contributed by atoms with Crippen molar-refractivity contribution in [1.29, 1.82) is 0 Å². The number of hydrogen-bond donors (Lipinski definition) is 0. The summed E-state index contributed by atoms with van der Waals surface area (Å²) in [5.74, 6) is 0.0477. The van der Waals surface area contributed by atoms with Gasteiger partial charge in [0.1, 0.15) is 5.75 Å². The van der Waals surface area contributed by atoms with Gasteiger partial charge in [0.25, 0.3) is 5.56 Å². The highest BCUT2D eigenvalue weighted by Crippen LogP contribution is 2.21. The van der Waals surface area contributed by atoms with E-state index in [1.54, 1.807) is 18.2 Å². The predicted molar refractivity (Wildman–Crippen MR) is 86.1 cm³/mol. The van der Waals surface area contributed by atoms with E-state index in [0.717, 1.165) is 5.56 Å². The molecule has 0 saturated carbocycles. The molecule has 1 aromatic heterocycles. The second-order valence-electron chi connectivity index (χ2n) is 5.09. The van der Waals surface area contributed by atoms with Gasteiger partial charge in [-0.1, -0.05) is 48.5 Å². The molecular formula is C18H14F2N2O2. The first kappa shape index (κ1) is 15.9. The molecule has 122 valence electrons. The van der Waals surface area contributed by atoms with Gasteiger partial charge in [-0.2, -0.15) is 8.78 Å². The number of para-hydroxylation sites is 1. The molecule has 0 saturated heterocycles. The van der Waals surface area contributed by atoms with Crippen molar-refractivity contribution in [1.82, 2.24) is 9.55 Å². The number of hydrogen-bond acceptors (Lipinski definition) is 3. The number of benzene rings is 2. The Labute approximate surface area is 137 Å². The Morgan fingerprint density at radius 1 is 1.04 bits per heavy atom. The minimum absolute atomic E-state index is 0.0477. The molecule has 0 unspecified atom stereocenters. The molecule has 0 radical (unpaired) electrons. The first-order valence-corrected chi connectivity index (χ1v) is 7.28. The summed E-state index contributed by atoms with van der Waals surface area (Å²) in [6, 6.07) is 17.1. The van der Waals surface area contributed by atoms with Crippen LogP contribution in [0.15, 0.2) is 71.8 Å². The van der Waals surface area contributed by atoms with Gasteiger partial charge in [0.2, 0.25) is 0 Å². The summed E-state index contributed by atoms with van der Waals surface area (Å²) < 4.78 is 30.7. The lowest BCUT2D eigenvalue weighted by Gasteiger charge is -2.12. The summed E-state index contributed by atoms with van der Waals surface area (Å²) in [4.78, 5) is 16.6. The SMILES string of the molecule is O=c1cc(-c2ccccc2)ncn1Cc1ccccc1OC(F)F. The van der Waals surface area contributed by atoms with Gasteiger partial charge < -0.3 is 4.74 Å². The van der Waals surface area contributed by atoms with Crippen molar-refractivity contribution < 1.29 is 13.5 Å². The molecule has 0 aliphatic rings. The molecule has 0 aliphatic carbocycles. The minimum Gasteiger partial charge on any atom is -0.434 e. The zero-order valence-corrected chi connectivity index (χ0v) is 12.6. The van der Waals surface area contributed by atoms with Crippen LogP contribution in [0.1, 0.15) is 5.56 Å². The Bertz CT molecular complexity index is 879. The molecule has 0 bridgehead atoms. The lowest BCUT2D eigenvalue weighted by molar-refractivity contribution is -0.0504. The molecule has 24 heavy (non-hydrogen) atoms. The smallest absolute Gasteiger partial charge is 0.387 e. The third-order valence-electron chi connectivity index (χ3n) is 3.48. The predicted octanol–water partition coefficient (Wildman–Crippen LogP) is 3.56. The lowest BCUT2D eigenvalue weighted by atomic mass is 10.1. The normalized spacial score (nSPS) is 10.8. The average molecular weight is 328 g/mol. The summed E-state index contributed by atoms with van der Waals surface area (Å²) >= 11 is 0. The third kappa shape index (κ3) is 3.65. The van der Waals surface area contributed by atoms with Crippen LogP contribution in [0, 0.1) is 0 Å². The Kier molecular flexibility index (Phi) is 4.65. The van der Waals surface area contributed by atoms with Gasteiger partial charge in [0.15, 0.2) is 0 Å². The van der Waals surface area contributed by atoms with E-state index in [0.29, 0.717) is 11.3 Å². The van der Waals surface area contributed by atoms with Crippen molar-refractivity contribution in [3.05, 3.63) is 82.9 Å². The van der Waals surface area contributed by atoms with Crippen LogP contribution in [0.3, 0.4) is 0 Å². The highest BCUT2D eigenvalue weighted by atomic mass is 19.3. The summed E-state index contributed by atoms with van der Waals surface area (Å²) in [7, 11) is 0. The van der Waals surface area contributed by atoms with E-state index < -0.39 is 6.61 Å². The van der Waals surface area contributed by atoms with Gasteiger partial charge in [0.05, 0.1) is 18.6 Å². The molecule has 2 aromatic carbocycles. The van der Waals surface area contributed by atoms with Crippen LogP contribution in [0.25, 0.3) is 11.3 Å². The molecular weight excluding hydrogens is 314 g/mol. The Hall–Kier alpha value is -3.02. The van der Waals surface area contributed by atoms with Gasteiger partial charge in [0, 0.05) is 17.2 Å². The van der Waals surface area contributed by atoms with Gasteiger partial charge in [-0.3, -0.25) is 9.36 Å². The number of rotatable bonds is 5. The fraction of sp³-hybridized carbons (Fsp3) is 0.111. The van der Waals surface area contributed by atoms with Crippen molar-refractivity contribution in [2.24, 2.45) is 0 Å². The van der Waals surface area contributed by atoms with Crippen LogP contribution in [0.2, 0.25) is 0 Å². The highest BCUT2D eigenvalue weighted by Gasteiger charge is 2.10. The molecule has 3 aromatic rings. The molecule has 0 N–H and O–H groups in total. The first-order chi connectivity index (χ1) is 11.6. The van der Waals surface area contributed by atoms with E-state index >= 15 is 0 Å². The number of alkyl halides is 2. The van der Waals surface area contributed by atoms with E-state index in [9.17, 15) is 13.6 Å². The van der Waals surface area contributed by atoms with E-state index in [2.05, 4.69) is 9.72 Å². The molecule has 0 atom stereocenters. The molecule has 0 fully saturated rings. The lowest BCUT2D eigenvalue weighted by Crippen LogP contribution is -2.21. The van der Waals surface area contributed by atoms with E-state index in [-0.39, 0.29) is 17.9 Å². The second kappa shape index (κ2) is 7.04. The summed E-state index contributed by atoms with van der Waals surface area (Å²) in [5.41, 5.74) is 1.61. The molecule has 6 heteroatoms. The number of ether oxygens (including phenoxy) is 1. The maximum atomic E-state index is 12.5. The molecule has 0 aliphatic heterocycles. The number of aromatic nitrogens is 2. The second-order valence-corrected chi connectivity index (χ2v) is 5.09. The molecule has 4 nitrogen and oxygen atoms in total. The van der Waals surface area contributed by atoms with E-state index in [1.165, 1.54) is 23.0 Å². The monoisotopic (exact) mass is 328 g/mol. The van der Waals surface area contributed by atoms with Crippen LogP contribution >= 0.6 is 0 Å². The van der Waals surface area contributed by atoms with Crippen molar-refractivity contribution in [3.63, 3.8) is 0 Å². The first-order valence-electron chi connectivity index (χ1n) is 7.28. The average Bonchev–Trinajstić information content (AvgIpc) is 2.58. The third-order valence-corrected chi connectivity index (χ3v) is 3.48. The van der Waals surface area contributed by atoms with Crippen LogP contribution < -0.4 is 10.3 Å². The van der Waals surface area contributed by atoms with Gasteiger partial charge in [-0.25, -0.2) is 4.98 Å². The maximum absolute atomic E-state index is 12.5. The standard InChI is InChI=1S/C18H14F2N2O2/c19-18(20)24-16-9-5-4-8-14(16)11-22-12-21-15(10-17(22)23)13-6-2-1-3-7-13/h1-10,12,18H,11H2. The van der Waals surface area contributed by atoms with E-state index in [1.807, 2.05) is 30.3 Å². The van der Waals surface area contributed by atoms with Gasteiger partial charge in [-0.15, -0.1) is 0 Å². The van der Waals surface area contributed by atoms with Crippen LogP contribution in [0.5, 0.6) is 5.75 Å². The molecule has 3 rings (SSSR count). The molecule has 0 amide bonds. The molecule has 1 heterocycles. The topological polar surface area (TPSA) is 44.1 Å². The highest BCUT2D eigenvalue weighted by molar-refractivity contribution is 5.57. The summed E-state index contributed by atoms with van der Waals surface area (Å²) in [6.07, 6.45) is 1.41. The molecule has 0 spiro atoms. The fourth-order valence-electron chi connectivity index (χ4n) is 2.34. The maximum Gasteiger partial charge on any atom is 0.387 e. The Morgan fingerprint density at radius 3 is 2.46 bits per heavy atom. The minimum atomic E-state index is -2.92. The van der Waals surface area contributed by atoms with Crippen molar-refractivity contribution in [2.45, 2.75) is 13.2 Å².